The highest BCUT2D eigenvalue weighted by Crippen LogP contribution is 2.21. The number of aromatic nitrogens is 4. The molecule has 2 aromatic rings. The van der Waals surface area contributed by atoms with E-state index in [0.29, 0.717) is 11.5 Å². The number of rotatable bonds is 3. The molecule has 0 saturated carbocycles. The number of hydrogen-bond donors (Lipinski definition) is 2. The van der Waals surface area contributed by atoms with Gasteiger partial charge in [0, 0.05) is 6.07 Å². The van der Waals surface area contributed by atoms with Crippen molar-refractivity contribution in [3.8, 4) is 0 Å². The van der Waals surface area contributed by atoms with Crippen molar-refractivity contribution in [2.75, 3.05) is 5.32 Å². The molecule has 0 amide bonds. The molecule has 2 N–H and O–H groups in total. The van der Waals surface area contributed by atoms with E-state index in [1.807, 2.05) is 10.7 Å². The highest BCUT2D eigenvalue weighted by atomic mass is 16.3. The summed E-state index contributed by atoms with van der Waals surface area (Å²) in [6.45, 7) is 6.09. The van der Waals surface area contributed by atoms with Crippen LogP contribution in [0.5, 0.6) is 0 Å². The number of nitrogens with zero attached hydrogens (tertiary/aromatic N) is 4. The Balaban J connectivity index is 2.26. The van der Waals surface area contributed by atoms with Gasteiger partial charge in [-0.15, -0.1) is 0 Å². The van der Waals surface area contributed by atoms with Crippen LogP contribution in [0.2, 0.25) is 0 Å². The summed E-state index contributed by atoms with van der Waals surface area (Å²) in [6, 6.07) is 1.87. The third-order valence-corrected chi connectivity index (χ3v) is 2.38. The van der Waals surface area contributed by atoms with Gasteiger partial charge in [-0.1, -0.05) is 0 Å². The summed E-state index contributed by atoms with van der Waals surface area (Å²) >= 11 is 0. The van der Waals surface area contributed by atoms with Gasteiger partial charge >= 0.3 is 0 Å². The monoisotopic (exact) mass is 247 g/mol. The van der Waals surface area contributed by atoms with Gasteiger partial charge < -0.3 is 10.4 Å². The fraction of sp³-hybridized carbons (Fsp3) is 0.417. The summed E-state index contributed by atoms with van der Waals surface area (Å²) in [6.07, 6.45) is 4.88. The maximum atomic E-state index is 9.02. The van der Waals surface area contributed by atoms with Crippen LogP contribution in [-0.2, 0) is 12.1 Å². The smallest absolute Gasteiger partial charge is 0.150 e. The molecule has 0 unspecified atom stereocenters. The van der Waals surface area contributed by atoms with Gasteiger partial charge in [0.05, 0.1) is 36.4 Å². The van der Waals surface area contributed by atoms with Crippen LogP contribution in [-0.4, -0.2) is 24.9 Å². The molecular formula is C12H17N5O. The number of anilines is 2. The Kier molecular flexibility index (Phi) is 3.29. The Morgan fingerprint density at radius 2 is 2.11 bits per heavy atom. The molecule has 0 atom stereocenters. The van der Waals surface area contributed by atoms with Gasteiger partial charge in [0.15, 0.2) is 0 Å². The molecule has 2 rings (SSSR count). The Morgan fingerprint density at radius 3 is 2.78 bits per heavy atom. The summed E-state index contributed by atoms with van der Waals surface area (Å²) in [7, 11) is 0. The summed E-state index contributed by atoms with van der Waals surface area (Å²) in [5, 5.41) is 16.5. The topological polar surface area (TPSA) is 75.9 Å². The average Bonchev–Trinajstić information content (AvgIpc) is 2.77. The average molecular weight is 247 g/mol. The molecule has 0 aliphatic carbocycles. The highest BCUT2D eigenvalue weighted by molar-refractivity contribution is 5.50. The first-order chi connectivity index (χ1) is 8.50. The van der Waals surface area contributed by atoms with Crippen LogP contribution >= 0.6 is 0 Å². The Morgan fingerprint density at radius 1 is 1.33 bits per heavy atom. The van der Waals surface area contributed by atoms with Crippen molar-refractivity contribution in [3.63, 3.8) is 0 Å². The van der Waals surface area contributed by atoms with Gasteiger partial charge in [-0.3, -0.25) is 4.98 Å². The maximum absolute atomic E-state index is 9.02. The Bertz CT molecular complexity index is 529. The molecule has 0 aromatic carbocycles. The first kappa shape index (κ1) is 12.5. The molecule has 0 bridgehead atoms. The lowest BCUT2D eigenvalue weighted by Gasteiger charge is -2.22. The van der Waals surface area contributed by atoms with Gasteiger partial charge in [0.1, 0.15) is 11.6 Å². The molecule has 0 aliphatic heterocycles. The zero-order valence-electron chi connectivity index (χ0n) is 10.8. The molecule has 0 spiro atoms. The van der Waals surface area contributed by atoms with Gasteiger partial charge in [-0.25, -0.2) is 9.67 Å². The quantitative estimate of drug-likeness (QED) is 0.862. The largest absolute Gasteiger partial charge is 0.390 e. The van der Waals surface area contributed by atoms with Crippen LogP contribution in [0.3, 0.4) is 0 Å². The third-order valence-electron chi connectivity index (χ3n) is 2.38. The van der Waals surface area contributed by atoms with E-state index in [1.165, 1.54) is 6.20 Å². The summed E-state index contributed by atoms with van der Waals surface area (Å²) in [5.41, 5.74) is 0.412. The second kappa shape index (κ2) is 4.73. The lowest BCUT2D eigenvalue weighted by molar-refractivity contribution is 0.276. The van der Waals surface area contributed by atoms with Crippen LogP contribution in [0.15, 0.2) is 24.7 Å². The normalized spacial score (nSPS) is 11.6. The standard InChI is InChI=1S/C12H17N5O/c1-12(2,3)17-11(4-5-14-17)16-10-7-13-6-9(8-18)15-10/h4-7,18H,8H2,1-3H3,(H,15,16). The van der Waals surface area contributed by atoms with Crippen molar-refractivity contribution in [2.45, 2.75) is 32.9 Å². The lowest BCUT2D eigenvalue weighted by atomic mass is 10.1. The minimum Gasteiger partial charge on any atom is -0.390 e. The van der Waals surface area contributed by atoms with E-state index >= 15 is 0 Å². The van der Waals surface area contributed by atoms with E-state index in [4.69, 9.17) is 5.11 Å². The Labute approximate surface area is 106 Å². The van der Waals surface area contributed by atoms with Crippen molar-refractivity contribution < 1.29 is 5.11 Å². The second-order valence-corrected chi connectivity index (χ2v) is 4.98. The number of nitrogens with one attached hydrogen (secondary N) is 1. The fourth-order valence-corrected chi connectivity index (χ4v) is 1.61. The van der Waals surface area contributed by atoms with E-state index in [-0.39, 0.29) is 12.1 Å². The molecule has 6 nitrogen and oxygen atoms in total. The number of hydrogen-bond acceptors (Lipinski definition) is 5. The van der Waals surface area contributed by atoms with Crippen molar-refractivity contribution >= 4 is 11.6 Å². The first-order valence-electron chi connectivity index (χ1n) is 5.74. The lowest BCUT2D eigenvalue weighted by Crippen LogP contribution is -2.24. The van der Waals surface area contributed by atoms with E-state index in [2.05, 4.69) is 41.2 Å². The van der Waals surface area contributed by atoms with E-state index in [1.54, 1.807) is 12.4 Å². The highest BCUT2D eigenvalue weighted by Gasteiger charge is 2.17. The molecule has 2 heterocycles. The minimum absolute atomic E-state index is 0.117. The third kappa shape index (κ3) is 2.65. The van der Waals surface area contributed by atoms with Crippen LogP contribution in [0.25, 0.3) is 0 Å². The molecule has 0 radical (unpaired) electrons. The Hall–Kier alpha value is -1.95. The van der Waals surface area contributed by atoms with Gasteiger partial charge in [-0.05, 0) is 20.8 Å². The molecule has 6 heteroatoms. The van der Waals surface area contributed by atoms with Crippen LogP contribution in [0, 0.1) is 0 Å². The van der Waals surface area contributed by atoms with Gasteiger partial charge in [0.25, 0.3) is 0 Å². The van der Waals surface area contributed by atoms with E-state index < -0.39 is 0 Å². The molecule has 0 saturated heterocycles. The molecule has 2 aromatic heterocycles. The summed E-state index contributed by atoms with van der Waals surface area (Å²) < 4.78 is 1.88. The fourth-order valence-electron chi connectivity index (χ4n) is 1.61. The van der Waals surface area contributed by atoms with Crippen LogP contribution in [0.1, 0.15) is 26.5 Å². The molecule has 96 valence electrons. The predicted octanol–water partition coefficient (Wildman–Crippen LogP) is 1.66. The van der Waals surface area contributed by atoms with Gasteiger partial charge in [0.2, 0.25) is 0 Å². The van der Waals surface area contributed by atoms with Crippen molar-refractivity contribution in [3.05, 3.63) is 30.4 Å². The van der Waals surface area contributed by atoms with Crippen LogP contribution in [0.4, 0.5) is 11.6 Å². The van der Waals surface area contributed by atoms with E-state index in [9.17, 15) is 0 Å². The molecule has 18 heavy (non-hydrogen) atoms. The van der Waals surface area contributed by atoms with Crippen molar-refractivity contribution in [1.82, 2.24) is 19.7 Å². The summed E-state index contributed by atoms with van der Waals surface area (Å²) in [4.78, 5) is 8.24. The minimum atomic E-state index is -0.124. The van der Waals surface area contributed by atoms with Crippen LogP contribution < -0.4 is 5.32 Å². The number of aliphatic hydroxyl groups excluding tert-OH is 1. The second-order valence-electron chi connectivity index (χ2n) is 4.98. The van der Waals surface area contributed by atoms with E-state index in [0.717, 1.165) is 5.82 Å². The first-order valence-corrected chi connectivity index (χ1v) is 5.74. The zero-order chi connectivity index (χ0) is 13.2. The van der Waals surface area contributed by atoms with Crippen molar-refractivity contribution in [2.24, 2.45) is 0 Å². The zero-order valence-corrected chi connectivity index (χ0v) is 10.8. The predicted molar refractivity (Wildman–Crippen MR) is 68.5 cm³/mol. The molecule has 0 fully saturated rings. The summed E-state index contributed by atoms with van der Waals surface area (Å²) in [5.74, 6) is 1.43. The maximum Gasteiger partial charge on any atom is 0.150 e. The molecular weight excluding hydrogens is 230 g/mol. The SMILES string of the molecule is CC(C)(C)n1nccc1Nc1cncc(CO)n1. The molecule has 0 aliphatic rings. The van der Waals surface area contributed by atoms with Gasteiger partial charge in [-0.2, -0.15) is 5.10 Å². The number of aliphatic hydroxyl groups is 1. The van der Waals surface area contributed by atoms with Crippen molar-refractivity contribution in [1.29, 1.82) is 0 Å².